The first-order valence-electron chi connectivity index (χ1n) is 6.39. The lowest BCUT2D eigenvalue weighted by Crippen LogP contribution is -2.15. The molecule has 1 aromatic heterocycles. The molecule has 7 nitrogen and oxygen atoms in total. The van der Waals surface area contributed by atoms with Gasteiger partial charge in [0, 0.05) is 23.6 Å². The first kappa shape index (κ1) is 15.3. The lowest BCUT2D eigenvalue weighted by molar-refractivity contribution is -0.138. The molecule has 0 atom stereocenters. The molecule has 0 unspecified atom stereocenters. The molecular weight excluding hydrogens is 286 g/mol. The molecule has 0 saturated carbocycles. The summed E-state index contributed by atoms with van der Waals surface area (Å²) in [4.78, 5) is 30.2. The van der Waals surface area contributed by atoms with Crippen LogP contribution in [0.5, 0.6) is 0 Å². The van der Waals surface area contributed by atoms with Gasteiger partial charge in [0.1, 0.15) is 11.5 Å². The van der Waals surface area contributed by atoms with Crippen LogP contribution in [0.1, 0.15) is 0 Å². The van der Waals surface area contributed by atoms with Gasteiger partial charge in [-0.2, -0.15) is 0 Å². The van der Waals surface area contributed by atoms with Crippen LogP contribution in [0.25, 0.3) is 11.4 Å². The number of hydrogen-bond donors (Lipinski definition) is 2. The molecule has 0 aliphatic carbocycles. The quantitative estimate of drug-likeness (QED) is 0.645. The smallest absolute Gasteiger partial charge is 0.354 e. The number of carbonyl (C=O) groups excluding carboxylic acids is 2. The second-order valence-electron chi connectivity index (χ2n) is 4.22. The van der Waals surface area contributed by atoms with E-state index in [1.54, 1.807) is 30.6 Å². The fourth-order valence-corrected chi connectivity index (χ4v) is 1.76. The number of ether oxygens (including phenoxy) is 2. The Bertz CT molecular complexity index is 693. The van der Waals surface area contributed by atoms with Crippen molar-refractivity contribution in [2.45, 2.75) is 0 Å². The number of esters is 2. The van der Waals surface area contributed by atoms with Crippen molar-refractivity contribution in [2.24, 2.45) is 0 Å². The molecular formula is C15H15N3O4. The highest BCUT2D eigenvalue weighted by Crippen LogP contribution is 2.20. The van der Waals surface area contributed by atoms with Crippen molar-refractivity contribution in [3.63, 3.8) is 0 Å². The summed E-state index contributed by atoms with van der Waals surface area (Å²) in [5.74, 6) is -0.635. The van der Waals surface area contributed by atoms with Crippen LogP contribution < -0.4 is 5.32 Å². The molecule has 2 rings (SSSR count). The maximum Gasteiger partial charge on any atom is 0.354 e. The minimum absolute atomic E-state index is 0.0223. The number of anilines is 1. The van der Waals surface area contributed by atoms with E-state index in [9.17, 15) is 9.59 Å². The van der Waals surface area contributed by atoms with Crippen molar-refractivity contribution in [1.29, 1.82) is 0 Å². The van der Waals surface area contributed by atoms with Gasteiger partial charge in [-0.3, -0.25) is 0 Å². The molecule has 0 spiro atoms. The average molecular weight is 301 g/mol. The second-order valence-corrected chi connectivity index (χ2v) is 4.22. The second kappa shape index (κ2) is 7.07. The van der Waals surface area contributed by atoms with E-state index in [0.29, 0.717) is 11.5 Å². The summed E-state index contributed by atoms with van der Waals surface area (Å²) in [6.07, 6.45) is 4.39. The fourth-order valence-electron chi connectivity index (χ4n) is 1.76. The van der Waals surface area contributed by atoms with Crippen molar-refractivity contribution in [1.82, 2.24) is 9.97 Å². The molecule has 1 heterocycles. The Hall–Kier alpha value is -3.09. The molecule has 0 fully saturated rings. The van der Waals surface area contributed by atoms with Crippen LogP contribution >= 0.6 is 0 Å². The van der Waals surface area contributed by atoms with Crippen molar-refractivity contribution in [3.05, 3.63) is 48.4 Å². The Kier molecular flexibility index (Phi) is 4.92. The number of hydrogen-bond acceptors (Lipinski definition) is 6. The van der Waals surface area contributed by atoms with Crippen LogP contribution in [-0.4, -0.2) is 36.1 Å². The number of aromatic nitrogens is 2. The predicted octanol–water partition coefficient (Wildman–Crippen LogP) is 1.72. The number of nitrogens with zero attached hydrogens (tertiary/aromatic N) is 1. The van der Waals surface area contributed by atoms with E-state index >= 15 is 0 Å². The molecule has 0 saturated heterocycles. The number of rotatable bonds is 5. The third-order valence-corrected chi connectivity index (χ3v) is 2.78. The normalized spacial score (nSPS) is 10.9. The summed E-state index contributed by atoms with van der Waals surface area (Å²) in [6, 6.07) is 7.20. The topological polar surface area (TPSA) is 93.3 Å². The predicted molar refractivity (Wildman–Crippen MR) is 79.8 cm³/mol. The van der Waals surface area contributed by atoms with Crippen molar-refractivity contribution >= 4 is 17.6 Å². The maximum atomic E-state index is 11.7. The Morgan fingerprint density at radius 1 is 1.27 bits per heavy atom. The molecule has 114 valence electrons. The maximum absolute atomic E-state index is 11.7. The summed E-state index contributed by atoms with van der Waals surface area (Å²) in [6.45, 7) is 0. The third-order valence-electron chi connectivity index (χ3n) is 2.78. The molecule has 0 aliphatic rings. The summed E-state index contributed by atoms with van der Waals surface area (Å²) in [5.41, 5.74) is 1.41. The van der Waals surface area contributed by atoms with Crippen LogP contribution in [0, 0.1) is 0 Å². The van der Waals surface area contributed by atoms with E-state index in [0.717, 1.165) is 11.6 Å². The lowest BCUT2D eigenvalue weighted by atomic mass is 10.2. The molecule has 7 heteroatoms. The summed E-state index contributed by atoms with van der Waals surface area (Å²) in [5, 5.41) is 2.84. The number of aromatic amines is 1. The number of nitrogens with one attached hydrogen (secondary N) is 2. The van der Waals surface area contributed by atoms with Gasteiger partial charge in [-0.05, 0) is 12.1 Å². The van der Waals surface area contributed by atoms with Gasteiger partial charge in [0.15, 0.2) is 0 Å². The van der Waals surface area contributed by atoms with Crippen LogP contribution in [0.4, 0.5) is 5.69 Å². The molecule has 0 amide bonds. The molecule has 0 bridgehead atoms. The van der Waals surface area contributed by atoms with Crippen LogP contribution in [0.2, 0.25) is 0 Å². The standard InChI is InChI=1S/C15H15N3O4/c1-21-13(19)9-12(15(20)22-2)18-11-5-3-4-10(8-11)14-16-6-7-17-14/h3-9,18H,1-2H3,(H,16,17)/b12-9+. The van der Waals surface area contributed by atoms with E-state index in [-0.39, 0.29) is 5.70 Å². The largest absolute Gasteiger partial charge is 0.466 e. The molecule has 0 radical (unpaired) electrons. The zero-order valence-electron chi connectivity index (χ0n) is 12.1. The first-order valence-corrected chi connectivity index (χ1v) is 6.39. The van der Waals surface area contributed by atoms with Gasteiger partial charge in [-0.25, -0.2) is 14.6 Å². The van der Waals surface area contributed by atoms with Crippen LogP contribution in [0.15, 0.2) is 48.4 Å². The Morgan fingerprint density at radius 3 is 2.73 bits per heavy atom. The molecule has 2 N–H and O–H groups in total. The van der Waals surface area contributed by atoms with Gasteiger partial charge in [-0.15, -0.1) is 0 Å². The van der Waals surface area contributed by atoms with Crippen molar-refractivity contribution < 1.29 is 19.1 Å². The highest BCUT2D eigenvalue weighted by Gasteiger charge is 2.13. The molecule has 0 aliphatic heterocycles. The minimum Gasteiger partial charge on any atom is -0.466 e. The fraction of sp³-hybridized carbons (Fsp3) is 0.133. The highest BCUT2D eigenvalue weighted by molar-refractivity contribution is 5.98. The SMILES string of the molecule is COC(=O)/C=C(/Nc1cccc(-c2ncc[nH]2)c1)C(=O)OC. The van der Waals surface area contributed by atoms with E-state index in [1.165, 1.54) is 14.2 Å². The van der Waals surface area contributed by atoms with Gasteiger partial charge in [0.05, 0.1) is 20.3 Å². The van der Waals surface area contributed by atoms with Gasteiger partial charge in [0.2, 0.25) is 0 Å². The number of benzene rings is 1. The van der Waals surface area contributed by atoms with Gasteiger partial charge >= 0.3 is 11.9 Å². The zero-order valence-corrected chi connectivity index (χ0v) is 12.1. The highest BCUT2D eigenvalue weighted by atomic mass is 16.5. The summed E-state index contributed by atoms with van der Waals surface area (Å²) < 4.78 is 9.15. The van der Waals surface area contributed by atoms with E-state index in [4.69, 9.17) is 0 Å². The average Bonchev–Trinajstić information content (AvgIpc) is 3.08. The lowest BCUT2D eigenvalue weighted by Gasteiger charge is -2.10. The van der Waals surface area contributed by atoms with Gasteiger partial charge < -0.3 is 19.8 Å². The van der Waals surface area contributed by atoms with Crippen LogP contribution in [-0.2, 0) is 19.1 Å². The summed E-state index contributed by atoms with van der Waals surface area (Å²) >= 11 is 0. The molecule has 2 aromatic rings. The van der Waals surface area contributed by atoms with Gasteiger partial charge in [-0.1, -0.05) is 12.1 Å². The van der Waals surface area contributed by atoms with Gasteiger partial charge in [0.25, 0.3) is 0 Å². The molecule has 1 aromatic carbocycles. The number of H-pyrrole nitrogens is 1. The van der Waals surface area contributed by atoms with Crippen molar-refractivity contribution in [2.75, 3.05) is 19.5 Å². The third kappa shape index (κ3) is 3.72. The Morgan fingerprint density at radius 2 is 2.09 bits per heavy atom. The number of imidazole rings is 1. The van der Waals surface area contributed by atoms with Crippen LogP contribution in [0.3, 0.4) is 0 Å². The zero-order chi connectivity index (χ0) is 15.9. The molecule has 22 heavy (non-hydrogen) atoms. The van der Waals surface area contributed by atoms with E-state index < -0.39 is 11.9 Å². The van der Waals surface area contributed by atoms with Crippen molar-refractivity contribution in [3.8, 4) is 11.4 Å². The number of methoxy groups -OCH3 is 2. The minimum atomic E-state index is -0.672. The number of carbonyl (C=O) groups is 2. The monoisotopic (exact) mass is 301 g/mol. The van der Waals surface area contributed by atoms with E-state index in [1.807, 2.05) is 6.07 Å². The van der Waals surface area contributed by atoms with E-state index in [2.05, 4.69) is 24.8 Å². The first-order chi connectivity index (χ1) is 10.6. The Labute approximate surface area is 127 Å². The Balaban J connectivity index is 2.27. The summed E-state index contributed by atoms with van der Waals surface area (Å²) in [7, 11) is 2.46.